The van der Waals surface area contributed by atoms with Crippen molar-refractivity contribution in [2.45, 2.75) is 26.3 Å². The fourth-order valence-electron chi connectivity index (χ4n) is 2.02. The molecule has 2 aromatic rings. The second kappa shape index (κ2) is 4.60. The summed E-state index contributed by atoms with van der Waals surface area (Å²) in [6, 6.07) is 6.59. The molecule has 0 fully saturated rings. The molecule has 2 nitrogen and oxygen atoms in total. The average Bonchev–Trinajstić information content (AvgIpc) is 2.63. The minimum atomic E-state index is 0.297. The number of nitrogens with one attached hydrogen (secondary N) is 1. The van der Waals surface area contributed by atoms with E-state index < -0.39 is 0 Å². The number of rotatable bonds is 3. The van der Waals surface area contributed by atoms with Crippen LogP contribution in [0.2, 0.25) is 0 Å². The van der Waals surface area contributed by atoms with Crippen molar-refractivity contribution in [2.75, 3.05) is 7.05 Å². The van der Waals surface area contributed by atoms with E-state index in [2.05, 4.69) is 53.3 Å². The predicted molar refractivity (Wildman–Crippen MR) is 70.7 cm³/mol. The van der Waals surface area contributed by atoms with Gasteiger partial charge in [0, 0.05) is 9.86 Å². The van der Waals surface area contributed by atoms with Crippen LogP contribution in [0.3, 0.4) is 0 Å². The molecule has 1 N–H and O–H groups in total. The van der Waals surface area contributed by atoms with Crippen molar-refractivity contribution in [3.8, 4) is 0 Å². The quantitative estimate of drug-likeness (QED) is 0.913. The molecule has 16 heavy (non-hydrogen) atoms. The largest absolute Gasteiger partial charge is 0.459 e. The van der Waals surface area contributed by atoms with E-state index in [0.717, 1.165) is 27.6 Å². The molecule has 0 spiro atoms. The summed E-state index contributed by atoms with van der Waals surface area (Å²) in [7, 11) is 1.96. The first kappa shape index (κ1) is 11.7. The molecular formula is C13H16BrNO. The van der Waals surface area contributed by atoms with Gasteiger partial charge in [-0.05, 0) is 44.2 Å². The summed E-state index contributed by atoms with van der Waals surface area (Å²) in [5.74, 6) is 1.02. The Balaban J connectivity index is 2.55. The zero-order valence-corrected chi connectivity index (χ0v) is 11.4. The normalized spacial score (nSPS) is 13.2. The molecule has 0 saturated heterocycles. The molecule has 2 rings (SSSR count). The summed E-state index contributed by atoms with van der Waals surface area (Å²) < 4.78 is 7.01. The van der Waals surface area contributed by atoms with E-state index in [4.69, 9.17) is 4.42 Å². The monoisotopic (exact) mass is 281 g/mol. The molecule has 0 aliphatic rings. The number of aryl methyl sites for hydroxylation is 1. The lowest BCUT2D eigenvalue weighted by molar-refractivity contribution is 0.443. The van der Waals surface area contributed by atoms with Crippen molar-refractivity contribution in [1.29, 1.82) is 0 Å². The molecule has 1 aromatic heterocycles. The third-order valence-corrected chi connectivity index (χ3v) is 3.34. The van der Waals surface area contributed by atoms with E-state index >= 15 is 0 Å². The zero-order valence-electron chi connectivity index (χ0n) is 9.80. The Morgan fingerprint density at radius 2 is 2.12 bits per heavy atom. The van der Waals surface area contributed by atoms with Gasteiger partial charge in [-0.25, -0.2) is 0 Å². The molecule has 0 bridgehead atoms. The van der Waals surface area contributed by atoms with Crippen molar-refractivity contribution in [2.24, 2.45) is 0 Å². The third kappa shape index (κ3) is 2.02. The summed E-state index contributed by atoms with van der Waals surface area (Å²) in [5.41, 5.74) is 2.16. The summed E-state index contributed by atoms with van der Waals surface area (Å²) in [6.07, 6.45) is 1.02. The maximum atomic E-state index is 5.91. The average molecular weight is 282 g/mol. The maximum absolute atomic E-state index is 5.91. The van der Waals surface area contributed by atoms with Gasteiger partial charge >= 0.3 is 0 Å². The van der Waals surface area contributed by atoms with Crippen molar-refractivity contribution in [3.05, 3.63) is 34.0 Å². The number of halogens is 1. The van der Waals surface area contributed by atoms with Gasteiger partial charge in [-0.2, -0.15) is 0 Å². The summed E-state index contributed by atoms with van der Waals surface area (Å²) in [6.45, 7) is 4.22. The van der Waals surface area contributed by atoms with Crippen molar-refractivity contribution >= 4 is 26.9 Å². The van der Waals surface area contributed by atoms with E-state index in [1.165, 1.54) is 5.56 Å². The van der Waals surface area contributed by atoms with Crippen LogP contribution >= 0.6 is 15.9 Å². The molecule has 1 unspecified atom stereocenters. The van der Waals surface area contributed by atoms with Crippen LogP contribution in [0.15, 0.2) is 27.1 Å². The van der Waals surface area contributed by atoms with Crippen LogP contribution in [0, 0.1) is 6.92 Å². The Morgan fingerprint density at radius 1 is 1.38 bits per heavy atom. The highest BCUT2D eigenvalue weighted by atomic mass is 79.9. The molecule has 0 amide bonds. The van der Waals surface area contributed by atoms with E-state index in [1.807, 2.05) is 7.05 Å². The second-order valence-corrected chi connectivity index (χ2v) is 4.95. The first-order valence-corrected chi connectivity index (χ1v) is 6.31. The van der Waals surface area contributed by atoms with Crippen LogP contribution in [-0.4, -0.2) is 7.05 Å². The SMILES string of the molecule is CCC(NC)c1cc2cc(Br)cc(C)c2o1. The van der Waals surface area contributed by atoms with Gasteiger partial charge in [0.05, 0.1) is 6.04 Å². The Labute approximate surface area is 104 Å². The fourth-order valence-corrected chi connectivity index (χ4v) is 2.61. The Kier molecular flexibility index (Phi) is 3.36. The minimum absolute atomic E-state index is 0.297. The van der Waals surface area contributed by atoms with Crippen molar-refractivity contribution < 1.29 is 4.42 Å². The third-order valence-electron chi connectivity index (χ3n) is 2.89. The number of fused-ring (bicyclic) bond motifs is 1. The van der Waals surface area contributed by atoms with Crippen molar-refractivity contribution in [3.63, 3.8) is 0 Å². The first-order valence-electron chi connectivity index (χ1n) is 5.52. The van der Waals surface area contributed by atoms with Gasteiger partial charge in [0.25, 0.3) is 0 Å². The van der Waals surface area contributed by atoms with Gasteiger partial charge in [0.2, 0.25) is 0 Å². The molecular weight excluding hydrogens is 266 g/mol. The van der Waals surface area contributed by atoms with Crippen LogP contribution in [0.4, 0.5) is 0 Å². The van der Waals surface area contributed by atoms with Gasteiger partial charge in [-0.3, -0.25) is 0 Å². The molecule has 86 valence electrons. The molecule has 0 saturated carbocycles. The van der Waals surface area contributed by atoms with Gasteiger partial charge in [-0.15, -0.1) is 0 Å². The lowest BCUT2D eigenvalue weighted by Crippen LogP contribution is -2.14. The van der Waals surface area contributed by atoms with Gasteiger partial charge in [-0.1, -0.05) is 22.9 Å². The Morgan fingerprint density at radius 3 is 2.75 bits per heavy atom. The van der Waals surface area contributed by atoms with Crippen LogP contribution in [0.1, 0.15) is 30.7 Å². The molecule has 1 aromatic carbocycles. The van der Waals surface area contributed by atoms with Crippen LogP contribution in [-0.2, 0) is 0 Å². The molecule has 0 radical (unpaired) electrons. The first-order chi connectivity index (χ1) is 7.65. The standard InChI is InChI=1S/C13H16BrNO/c1-4-11(15-3)12-7-9-6-10(14)5-8(2)13(9)16-12/h5-7,11,15H,4H2,1-3H3. The Hall–Kier alpha value is -0.800. The lowest BCUT2D eigenvalue weighted by atomic mass is 10.1. The topological polar surface area (TPSA) is 25.2 Å². The van der Waals surface area contributed by atoms with Crippen molar-refractivity contribution in [1.82, 2.24) is 5.32 Å². The highest BCUT2D eigenvalue weighted by Crippen LogP contribution is 2.30. The molecule has 0 aliphatic carbocycles. The highest BCUT2D eigenvalue weighted by Gasteiger charge is 2.13. The van der Waals surface area contributed by atoms with E-state index in [1.54, 1.807) is 0 Å². The van der Waals surface area contributed by atoms with Gasteiger partial charge < -0.3 is 9.73 Å². The number of hydrogen-bond donors (Lipinski definition) is 1. The maximum Gasteiger partial charge on any atom is 0.137 e. The van der Waals surface area contributed by atoms with Crippen LogP contribution < -0.4 is 5.32 Å². The van der Waals surface area contributed by atoms with E-state index in [9.17, 15) is 0 Å². The molecule has 3 heteroatoms. The van der Waals surface area contributed by atoms with E-state index in [0.29, 0.717) is 6.04 Å². The van der Waals surface area contributed by atoms with Crippen LogP contribution in [0.25, 0.3) is 11.0 Å². The highest BCUT2D eigenvalue weighted by molar-refractivity contribution is 9.10. The smallest absolute Gasteiger partial charge is 0.137 e. The van der Waals surface area contributed by atoms with Gasteiger partial charge in [0.1, 0.15) is 11.3 Å². The molecule has 0 aliphatic heterocycles. The number of hydrogen-bond acceptors (Lipinski definition) is 2. The summed E-state index contributed by atoms with van der Waals surface area (Å²) in [5, 5.41) is 4.42. The minimum Gasteiger partial charge on any atom is -0.459 e. The van der Waals surface area contributed by atoms with Gasteiger partial charge in [0.15, 0.2) is 0 Å². The summed E-state index contributed by atoms with van der Waals surface area (Å²) in [4.78, 5) is 0. The fraction of sp³-hybridized carbons (Fsp3) is 0.385. The Bertz CT molecular complexity index is 500. The molecule has 1 atom stereocenters. The predicted octanol–water partition coefficient (Wildman–Crippen LogP) is 4.17. The van der Waals surface area contributed by atoms with E-state index in [-0.39, 0.29) is 0 Å². The summed E-state index contributed by atoms with van der Waals surface area (Å²) >= 11 is 3.51. The number of furan rings is 1. The number of benzene rings is 1. The lowest BCUT2D eigenvalue weighted by Gasteiger charge is -2.09. The molecule has 1 heterocycles. The van der Waals surface area contributed by atoms with Crippen LogP contribution in [0.5, 0.6) is 0 Å². The second-order valence-electron chi connectivity index (χ2n) is 4.04. The zero-order chi connectivity index (χ0) is 11.7.